The number of hydrogen-bond acceptors (Lipinski definition) is 5. The van der Waals surface area contributed by atoms with Crippen LogP contribution in [-0.2, 0) is 9.53 Å². The Hall–Kier alpha value is -2.13. The second kappa shape index (κ2) is 7.04. The molecule has 1 fully saturated rings. The summed E-state index contributed by atoms with van der Waals surface area (Å²) in [5, 5.41) is 8.77. The lowest BCUT2D eigenvalue weighted by Crippen LogP contribution is -2.50. The molecule has 0 N–H and O–H groups in total. The number of rotatable bonds is 4. The van der Waals surface area contributed by atoms with Gasteiger partial charge in [-0.1, -0.05) is 6.92 Å². The number of methoxy groups -OCH3 is 1. The Morgan fingerprint density at radius 2 is 2.14 bits per heavy atom. The van der Waals surface area contributed by atoms with Gasteiger partial charge in [0.2, 0.25) is 5.91 Å². The van der Waals surface area contributed by atoms with Gasteiger partial charge in [-0.15, -0.1) is 0 Å². The minimum Gasteiger partial charge on any atom is -0.384 e. The Kier molecular flexibility index (Phi) is 5.12. The van der Waals surface area contributed by atoms with Crippen LogP contribution in [0.1, 0.15) is 12.5 Å². The molecule has 1 aromatic heterocycles. The van der Waals surface area contributed by atoms with Crippen LogP contribution in [0.2, 0.25) is 0 Å². The Morgan fingerprint density at radius 1 is 1.43 bits per heavy atom. The summed E-state index contributed by atoms with van der Waals surface area (Å²) in [5.74, 6) is 0.893. The van der Waals surface area contributed by atoms with Crippen molar-refractivity contribution >= 4 is 11.7 Å². The van der Waals surface area contributed by atoms with Crippen LogP contribution in [0, 0.1) is 17.2 Å². The summed E-state index contributed by atoms with van der Waals surface area (Å²) in [6, 6.07) is 5.67. The number of piperazine rings is 1. The zero-order valence-electron chi connectivity index (χ0n) is 12.5. The van der Waals surface area contributed by atoms with Gasteiger partial charge in [-0.2, -0.15) is 5.26 Å². The molecule has 21 heavy (non-hydrogen) atoms. The van der Waals surface area contributed by atoms with E-state index in [0.29, 0.717) is 25.3 Å². The fourth-order valence-electron chi connectivity index (χ4n) is 2.43. The molecule has 6 heteroatoms. The predicted octanol–water partition coefficient (Wildman–Crippen LogP) is 0.884. The Labute approximate surface area is 124 Å². The van der Waals surface area contributed by atoms with Crippen molar-refractivity contribution in [1.82, 2.24) is 9.88 Å². The summed E-state index contributed by atoms with van der Waals surface area (Å²) in [4.78, 5) is 20.5. The van der Waals surface area contributed by atoms with Crippen LogP contribution in [0.5, 0.6) is 0 Å². The number of aromatic nitrogens is 1. The van der Waals surface area contributed by atoms with Crippen molar-refractivity contribution < 1.29 is 9.53 Å². The third-order valence-electron chi connectivity index (χ3n) is 3.63. The van der Waals surface area contributed by atoms with E-state index in [0.717, 1.165) is 18.9 Å². The summed E-state index contributed by atoms with van der Waals surface area (Å²) in [7, 11) is 1.61. The van der Waals surface area contributed by atoms with E-state index in [2.05, 4.69) is 16.0 Å². The van der Waals surface area contributed by atoms with Gasteiger partial charge in [0, 0.05) is 39.5 Å². The molecule has 0 aliphatic carbocycles. The number of carbonyl (C=O) groups excluding carboxylic acids is 1. The number of amides is 1. The lowest BCUT2D eigenvalue weighted by molar-refractivity contribution is -0.136. The van der Waals surface area contributed by atoms with E-state index in [1.165, 1.54) is 0 Å². The molecule has 0 bridgehead atoms. The SMILES string of the molecule is COCC(C)C(=O)N1CCN(c2ccc(C#N)cn2)CC1. The molecule has 0 spiro atoms. The van der Waals surface area contributed by atoms with Gasteiger partial charge in [0.25, 0.3) is 0 Å². The number of ether oxygens (including phenoxy) is 1. The van der Waals surface area contributed by atoms with E-state index in [1.807, 2.05) is 17.9 Å². The highest BCUT2D eigenvalue weighted by Crippen LogP contribution is 2.15. The fraction of sp³-hybridized carbons (Fsp3) is 0.533. The molecule has 2 rings (SSSR count). The van der Waals surface area contributed by atoms with Crippen molar-refractivity contribution in [2.24, 2.45) is 5.92 Å². The molecular weight excluding hydrogens is 268 g/mol. The van der Waals surface area contributed by atoms with Crippen molar-refractivity contribution in [3.63, 3.8) is 0 Å². The Morgan fingerprint density at radius 3 is 2.67 bits per heavy atom. The molecule has 1 amide bonds. The first kappa shape index (κ1) is 15.3. The van der Waals surface area contributed by atoms with E-state index in [9.17, 15) is 4.79 Å². The van der Waals surface area contributed by atoms with Gasteiger partial charge in [0.05, 0.1) is 18.1 Å². The minimum atomic E-state index is -0.102. The van der Waals surface area contributed by atoms with E-state index >= 15 is 0 Å². The highest BCUT2D eigenvalue weighted by molar-refractivity contribution is 5.79. The van der Waals surface area contributed by atoms with Crippen molar-refractivity contribution in [2.45, 2.75) is 6.92 Å². The predicted molar refractivity (Wildman–Crippen MR) is 78.8 cm³/mol. The van der Waals surface area contributed by atoms with E-state index in [4.69, 9.17) is 10.00 Å². The van der Waals surface area contributed by atoms with Crippen LogP contribution in [0.25, 0.3) is 0 Å². The number of nitriles is 1. The highest BCUT2D eigenvalue weighted by Gasteiger charge is 2.25. The number of hydrogen-bond donors (Lipinski definition) is 0. The summed E-state index contributed by atoms with van der Waals surface area (Å²) >= 11 is 0. The second-order valence-electron chi connectivity index (χ2n) is 5.19. The number of carbonyl (C=O) groups is 1. The molecule has 6 nitrogen and oxygen atoms in total. The highest BCUT2D eigenvalue weighted by atomic mass is 16.5. The van der Waals surface area contributed by atoms with Gasteiger partial charge in [-0.25, -0.2) is 4.98 Å². The van der Waals surface area contributed by atoms with Crippen LogP contribution in [0.4, 0.5) is 5.82 Å². The average Bonchev–Trinajstić information content (AvgIpc) is 2.54. The topological polar surface area (TPSA) is 69.5 Å². The Bertz CT molecular complexity index is 515. The second-order valence-corrected chi connectivity index (χ2v) is 5.19. The zero-order valence-corrected chi connectivity index (χ0v) is 12.5. The number of pyridine rings is 1. The summed E-state index contributed by atoms with van der Waals surface area (Å²) in [5.41, 5.74) is 0.556. The molecule has 1 aliphatic rings. The Balaban J connectivity index is 1.90. The third kappa shape index (κ3) is 3.70. The van der Waals surface area contributed by atoms with Crippen LogP contribution in [0.3, 0.4) is 0 Å². The molecular formula is C15H20N4O2. The van der Waals surface area contributed by atoms with E-state index in [-0.39, 0.29) is 11.8 Å². The lowest BCUT2D eigenvalue weighted by Gasteiger charge is -2.36. The van der Waals surface area contributed by atoms with Crippen molar-refractivity contribution in [3.05, 3.63) is 23.9 Å². The normalized spacial score (nSPS) is 16.4. The molecule has 1 aromatic rings. The van der Waals surface area contributed by atoms with Crippen LogP contribution in [-0.4, -0.2) is 55.7 Å². The standard InChI is InChI=1S/C15H20N4O2/c1-12(11-21-2)15(20)19-7-5-18(6-8-19)14-4-3-13(9-16)10-17-14/h3-4,10,12H,5-8,11H2,1-2H3. The zero-order chi connectivity index (χ0) is 15.2. The van der Waals surface area contributed by atoms with E-state index in [1.54, 1.807) is 19.4 Å². The molecule has 1 aliphatic heterocycles. The van der Waals surface area contributed by atoms with Gasteiger partial charge in [0.1, 0.15) is 11.9 Å². The molecule has 1 saturated heterocycles. The monoisotopic (exact) mass is 288 g/mol. The number of anilines is 1. The molecule has 1 atom stereocenters. The molecule has 0 aromatic carbocycles. The smallest absolute Gasteiger partial charge is 0.227 e. The van der Waals surface area contributed by atoms with Gasteiger partial charge < -0.3 is 14.5 Å². The third-order valence-corrected chi connectivity index (χ3v) is 3.63. The first-order valence-electron chi connectivity index (χ1n) is 7.04. The lowest BCUT2D eigenvalue weighted by atomic mass is 10.1. The van der Waals surface area contributed by atoms with Crippen LogP contribution < -0.4 is 4.90 Å². The largest absolute Gasteiger partial charge is 0.384 e. The maximum Gasteiger partial charge on any atom is 0.227 e. The summed E-state index contributed by atoms with van der Waals surface area (Å²) in [6.07, 6.45) is 1.58. The van der Waals surface area contributed by atoms with Crippen LogP contribution >= 0.6 is 0 Å². The van der Waals surface area contributed by atoms with Crippen LogP contribution in [0.15, 0.2) is 18.3 Å². The minimum absolute atomic E-state index is 0.102. The quantitative estimate of drug-likeness (QED) is 0.823. The average molecular weight is 288 g/mol. The summed E-state index contributed by atoms with van der Waals surface area (Å²) in [6.45, 7) is 5.23. The van der Waals surface area contributed by atoms with Gasteiger partial charge in [-0.05, 0) is 12.1 Å². The fourth-order valence-corrected chi connectivity index (χ4v) is 2.43. The van der Waals surface area contributed by atoms with E-state index < -0.39 is 0 Å². The maximum absolute atomic E-state index is 12.2. The molecule has 2 heterocycles. The van der Waals surface area contributed by atoms with Crippen molar-refractivity contribution in [1.29, 1.82) is 5.26 Å². The van der Waals surface area contributed by atoms with Crippen molar-refractivity contribution in [3.8, 4) is 6.07 Å². The number of nitrogens with zero attached hydrogens (tertiary/aromatic N) is 4. The molecule has 112 valence electrons. The van der Waals surface area contributed by atoms with Gasteiger partial charge in [-0.3, -0.25) is 4.79 Å². The first-order chi connectivity index (χ1) is 10.2. The van der Waals surface area contributed by atoms with Gasteiger partial charge in [0.15, 0.2) is 0 Å². The molecule has 0 saturated carbocycles. The molecule has 0 radical (unpaired) electrons. The maximum atomic E-state index is 12.2. The summed E-state index contributed by atoms with van der Waals surface area (Å²) < 4.78 is 5.03. The first-order valence-corrected chi connectivity index (χ1v) is 7.04. The molecule has 1 unspecified atom stereocenters. The van der Waals surface area contributed by atoms with Crippen molar-refractivity contribution in [2.75, 3.05) is 44.8 Å². The van der Waals surface area contributed by atoms with Gasteiger partial charge >= 0.3 is 0 Å².